The summed E-state index contributed by atoms with van der Waals surface area (Å²) in [5.74, 6) is 0. The minimum absolute atomic E-state index is 1.03. The van der Waals surface area contributed by atoms with Crippen molar-refractivity contribution < 1.29 is 0 Å². The summed E-state index contributed by atoms with van der Waals surface area (Å²) < 4.78 is 2.70. The Bertz CT molecular complexity index is 1180. The number of benzene rings is 3. The first kappa shape index (κ1) is 17.7. The number of hydrogen-bond acceptors (Lipinski definition) is 2. The third-order valence-electron chi connectivity index (χ3n) is 4.80. The molecule has 0 bridgehead atoms. The lowest BCUT2D eigenvalue weighted by atomic mass is 10.0. The Balaban J connectivity index is 1.80. The van der Waals surface area contributed by atoms with Crippen LogP contribution in [0.25, 0.3) is 31.3 Å². The zero-order chi connectivity index (χ0) is 18.8. The number of nitrogens with zero attached hydrogens (tertiary/aromatic N) is 1. The molecule has 0 amide bonds. The second-order valence-corrected chi connectivity index (χ2v) is 7.90. The molecule has 4 aromatic rings. The normalized spacial score (nSPS) is 12.5. The van der Waals surface area contributed by atoms with Crippen molar-refractivity contribution in [3.8, 4) is 11.1 Å². The standard InChI is InChI=1S/C25H23NS/c1-4-5-9-18(3)26-23-15-14-19(16-17(23)2)20-11-8-12-22-21-10-6-7-13-24(21)27-25(20)22/h5-16H,4H2,1-3H3/b9-5-,26-18?. The summed E-state index contributed by atoms with van der Waals surface area (Å²) in [5.41, 5.74) is 5.84. The molecule has 27 heavy (non-hydrogen) atoms. The van der Waals surface area contributed by atoms with Gasteiger partial charge in [0, 0.05) is 25.9 Å². The Labute approximate surface area is 164 Å². The van der Waals surface area contributed by atoms with E-state index in [9.17, 15) is 0 Å². The van der Waals surface area contributed by atoms with Crippen molar-refractivity contribution >= 4 is 42.9 Å². The summed E-state index contributed by atoms with van der Waals surface area (Å²) in [7, 11) is 0. The van der Waals surface area contributed by atoms with Crippen molar-refractivity contribution in [2.24, 2.45) is 4.99 Å². The highest BCUT2D eigenvalue weighted by Gasteiger charge is 2.10. The van der Waals surface area contributed by atoms with Crippen LogP contribution in [0.3, 0.4) is 0 Å². The van der Waals surface area contributed by atoms with Gasteiger partial charge in [0.15, 0.2) is 0 Å². The molecule has 0 radical (unpaired) electrons. The van der Waals surface area contributed by atoms with Gasteiger partial charge in [0.1, 0.15) is 0 Å². The first-order valence-electron chi connectivity index (χ1n) is 9.40. The van der Waals surface area contributed by atoms with Gasteiger partial charge in [-0.15, -0.1) is 11.3 Å². The van der Waals surface area contributed by atoms with Crippen LogP contribution in [0, 0.1) is 6.92 Å². The van der Waals surface area contributed by atoms with Gasteiger partial charge in [0.2, 0.25) is 0 Å². The lowest BCUT2D eigenvalue weighted by Gasteiger charge is -2.07. The summed E-state index contributed by atoms with van der Waals surface area (Å²) in [6.07, 6.45) is 5.26. The number of rotatable bonds is 4. The van der Waals surface area contributed by atoms with Crippen LogP contribution in [0.15, 0.2) is 77.8 Å². The highest BCUT2D eigenvalue weighted by Crippen LogP contribution is 2.40. The highest BCUT2D eigenvalue weighted by molar-refractivity contribution is 7.26. The maximum atomic E-state index is 4.76. The second kappa shape index (κ2) is 7.50. The quantitative estimate of drug-likeness (QED) is 0.322. The molecule has 0 N–H and O–H groups in total. The molecular formula is C25H23NS. The molecule has 0 unspecified atom stereocenters. The van der Waals surface area contributed by atoms with E-state index in [1.165, 1.54) is 36.9 Å². The van der Waals surface area contributed by atoms with Gasteiger partial charge in [-0.05, 0) is 61.2 Å². The number of aliphatic imine (C=N–C) groups is 1. The largest absolute Gasteiger partial charge is 0.254 e. The van der Waals surface area contributed by atoms with E-state index in [-0.39, 0.29) is 0 Å². The molecule has 4 rings (SSSR count). The smallest absolute Gasteiger partial charge is 0.0662 e. The summed E-state index contributed by atoms with van der Waals surface area (Å²) in [6.45, 7) is 6.33. The molecule has 0 saturated heterocycles. The van der Waals surface area contributed by atoms with Crippen LogP contribution in [0.2, 0.25) is 0 Å². The highest BCUT2D eigenvalue weighted by atomic mass is 32.1. The van der Waals surface area contributed by atoms with Gasteiger partial charge in [0.05, 0.1) is 5.69 Å². The van der Waals surface area contributed by atoms with E-state index >= 15 is 0 Å². The summed E-state index contributed by atoms with van der Waals surface area (Å²) >= 11 is 1.88. The number of fused-ring (bicyclic) bond motifs is 3. The van der Waals surface area contributed by atoms with E-state index < -0.39 is 0 Å². The van der Waals surface area contributed by atoms with Crippen molar-refractivity contribution in [3.05, 3.63) is 78.4 Å². The monoisotopic (exact) mass is 369 g/mol. The molecular weight excluding hydrogens is 346 g/mol. The first-order chi connectivity index (χ1) is 13.2. The maximum absolute atomic E-state index is 4.76. The average Bonchev–Trinajstić information content (AvgIpc) is 3.07. The van der Waals surface area contributed by atoms with Crippen LogP contribution in [0.4, 0.5) is 5.69 Å². The molecule has 0 atom stereocenters. The maximum Gasteiger partial charge on any atom is 0.0662 e. The lowest BCUT2D eigenvalue weighted by Crippen LogP contribution is -1.86. The van der Waals surface area contributed by atoms with E-state index in [0.29, 0.717) is 0 Å². The van der Waals surface area contributed by atoms with Gasteiger partial charge in [-0.2, -0.15) is 0 Å². The predicted molar refractivity (Wildman–Crippen MR) is 122 cm³/mol. The number of aryl methyl sites for hydroxylation is 1. The third-order valence-corrected chi connectivity index (χ3v) is 6.02. The van der Waals surface area contributed by atoms with Crippen LogP contribution < -0.4 is 0 Å². The van der Waals surface area contributed by atoms with Crippen molar-refractivity contribution in [1.29, 1.82) is 0 Å². The molecule has 1 aromatic heterocycles. The van der Waals surface area contributed by atoms with Crippen molar-refractivity contribution in [2.45, 2.75) is 27.2 Å². The zero-order valence-corrected chi connectivity index (χ0v) is 16.8. The topological polar surface area (TPSA) is 12.4 Å². The second-order valence-electron chi connectivity index (χ2n) is 6.85. The zero-order valence-electron chi connectivity index (χ0n) is 16.0. The molecule has 3 aromatic carbocycles. The van der Waals surface area contributed by atoms with Gasteiger partial charge >= 0.3 is 0 Å². The Morgan fingerprint density at radius 1 is 1.00 bits per heavy atom. The molecule has 1 nitrogen and oxygen atoms in total. The molecule has 134 valence electrons. The molecule has 0 aliphatic carbocycles. The Morgan fingerprint density at radius 3 is 2.63 bits per heavy atom. The van der Waals surface area contributed by atoms with E-state index in [1.54, 1.807) is 0 Å². The number of thiophene rings is 1. The average molecular weight is 370 g/mol. The van der Waals surface area contributed by atoms with E-state index in [1.807, 2.05) is 11.3 Å². The molecule has 0 aliphatic rings. The summed E-state index contributed by atoms with van der Waals surface area (Å²) in [6, 6.07) is 21.9. The Kier molecular flexibility index (Phi) is 4.91. The Morgan fingerprint density at radius 2 is 1.81 bits per heavy atom. The number of allylic oxidation sites excluding steroid dienone is 2. The van der Waals surface area contributed by atoms with Gasteiger partial charge in [-0.3, -0.25) is 4.99 Å². The SMILES string of the molecule is CC/C=C\C(C)=Nc1ccc(-c2cccc3c2sc2ccccc23)cc1C. The summed E-state index contributed by atoms with van der Waals surface area (Å²) in [4.78, 5) is 4.76. The van der Waals surface area contributed by atoms with E-state index in [0.717, 1.165) is 17.8 Å². The van der Waals surface area contributed by atoms with Gasteiger partial charge < -0.3 is 0 Å². The fourth-order valence-electron chi connectivity index (χ4n) is 3.44. The predicted octanol–water partition coefficient (Wildman–Crippen LogP) is 8.09. The van der Waals surface area contributed by atoms with E-state index in [2.05, 4.69) is 93.6 Å². The molecule has 0 saturated carbocycles. The molecule has 0 spiro atoms. The summed E-state index contributed by atoms with van der Waals surface area (Å²) in [5, 5.41) is 2.68. The fourth-order valence-corrected chi connectivity index (χ4v) is 4.68. The van der Waals surface area contributed by atoms with Crippen molar-refractivity contribution in [1.82, 2.24) is 0 Å². The van der Waals surface area contributed by atoms with Gasteiger partial charge in [-0.25, -0.2) is 0 Å². The molecule has 1 heterocycles. The van der Waals surface area contributed by atoms with Crippen LogP contribution in [-0.4, -0.2) is 5.71 Å². The van der Waals surface area contributed by atoms with Crippen LogP contribution >= 0.6 is 11.3 Å². The first-order valence-corrected chi connectivity index (χ1v) is 10.2. The molecule has 2 heteroatoms. The Hall–Kier alpha value is -2.71. The van der Waals surface area contributed by atoms with Crippen LogP contribution in [-0.2, 0) is 0 Å². The van der Waals surface area contributed by atoms with Crippen molar-refractivity contribution in [3.63, 3.8) is 0 Å². The van der Waals surface area contributed by atoms with E-state index in [4.69, 9.17) is 4.99 Å². The molecule has 0 fully saturated rings. The molecule has 0 aliphatic heterocycles. The fraction of sp³-hybridized carbons (Fsp3) is 0.160. The third kappa shape index (κ3) is 3.45. The number of hydrogen-bond donors (Lipinski definition) is 0. The van der Waals surface area contributed by atoms with Crippen LogP contribution in [0.5, 0.6) is 0 Å². The van der Waals surface area contributed by atoms with Gasteiger partial charge in [-0.1, -0.05) is 55.5 Å². The minimum atomic E-state index is 1.03. The van der Waals surface area contributed by atoms with Gasteiger partial charge in [0.25, 0.3) is 0 Å². The minimum Gasteiger partial charge on any atom is -0.254 e. The van der Waals surface area contributed by atoms with Crippen LogP contribution in [0.1, 0.15) is 25.8 Å². The lowest BCUT2D eigenvalue weighted by molar-refractivity contribution is 1.23. The van der Waals surface area contributed by atoms with Crippen molar-refractivity contribution in [2.75, 3.05) is 0 Å².